The van der Waals surface area contributed by atoms with Gasteiger partial charge in [0.1, 0.15) is 0 Å². The molecule has 2 saturated carbocycles. The van der Waals surface area contributed by atoms with Crippen LogP contribution in [-0.4, -0.2) is 25.2 Å². The average molecular weight is 310 g/mol. The third-order valence-electron chi connectivity index (χ3n) is 5.37. The summed E-state index contributed by atoms with van der Waals surface area (Å²) in [6, 6.07) is 0. The maximum absolute atomic E-state index is 12.3. The van der Waals surface area contributed by atoms with Crippen LogP contribution in [0.1, 0.15) is 65.2 Å². The molecule has 4 atom stereocenters. The van der Waals surface area contributed by atoms with Crippen LogP contribution in [-0.2, 0) is 19.1 Å². The quantitative estimate of drug-likeness (QED) is 0.726. The number of ether oxygens (including phenoxy) is 2. The molecule has 4 unspecified atom stereocenters. The first-order valence-corrected chi connectivity index (χ1v) is 9.02. The molecule has 0 radical (unpaired) electrons. The lowest BCUT2D eigenvalue weighted by Gasteiger charge is -2.41. The van der Waals surface area contributed by atoms with Crippen LogP contribution in [0.15, 0.2) is 0 Å². The summed E-state index contributed by atoms with van der Waals surface area (Å²) in [6.45, 7) is 4.59. The van der Waals surface area contributed by atoms with Gasteiger partial charge in [-0.3, -0.25) is 9.59 Å². The first-order valence-electron chi connectivity index (χ1n) is 9.02. The van der Waals surface area contributed by atoms with Crippen molar-refractivity contribution >= 4 is 11.9 Å². The summed E-state index contributed by atoms with van der Waals surface area (Å²) in [7, 11) is 0. The third-order valence-corrected chi connectivity index (χ3v) is 5.37. The molecule has 0 aliphatic heterocycles. The summed E-state index contributed by atoms with van der Waals surface area (Å²) in [5.41, 5.74) is 0. The Kier molecular flexibility index (Phi) is 6.71. The van der Waals surface area contributed by atoms with Gasteiger partial charge in [0.15, 0.2) is 0 Å². The Morgan fingerprint density at radius 2 is 1.09 bits per heavy atom. The molecule has 0 N–H and O–H groups in total. The molecule has 2 aliphatic carbocycles. The lowest BCUT2D eigenvalue weighted by atomic mass is 9.64. The van der Waals surface area contributed by atoms with E-state index in [2.05, 4.69) is 0 Å². The molecule has 0 bridgehead atoms. The second kappa shape index (κ2) is 8.54. The molecule has 2 fully saturated rings. The van der Waals surface area contributed by atoms with E-state index in [-0.39, 0.29) is 23.8 Å². The van der Waals surface area contributed by atoms with Gasteiger partial charge >= 0.3 is 11.9 Å². The zero-order valence-corrected chi connectivity index (χ0v) is 14.0. The van der Waals surface area contributed by atoms with Gasteiger partial charge in [-0.15, -0.1) is 0 Å². The minimum atomic E-state index is -0.0552. The molecule has 0 aromatic rings. The number of esters is 2. The summed E-state index contributed by atoms with van der Waals surface area (Å²) < 4.78 is 10.6. The highest BCUT2D eigenvalue weighted by atomic mass is 16.5. The Bertz CT molecular complexity index is 343. The Labute approximate surface area is 133 Å². The van der Waals surface area contributed by atoms with Crippen LogP contribution < -0.4 is 0 Å². The van der Waals surface area contributed by atoms with Gasteiger partial charge in [0.25, 0.3) is 0 Å². The second-order valence-electron chi connectivity index (χ2n) is 6.61. The Morgan fingerprint density at radius 1 is 0.727 bits per heavy atom. The Hall–Kier alpha value is -1.06. The Balaban J connectivity index is 2.12. The van der Waals surface area contributed by atoms with Crippen molar-refractivity contribution in [3.8, 4) is 0 Å². The lowest BCUT2D eigenvalue weighted by molar-refractivity contribution is -0.159. The van der Waals surface area contributed by atoms with E-state index in [0.717, 1.165) is 51.4 Å². The molecular weight excluding hydrogens is 280 g/mol. The highest BCUT2D eigenvalue weighted by Crippen LogP contribution is 2.45. The summed E-state index contributed by atoms with van der Waals surface area (Å²) in [4.78, 5) is 24.6. The summed E-state index contributed by atoms with van der Waals surface area (Å²) in [5.74, 6) is 0.438. The average Bonchev–Trinajstić information content (AvgIpc) is 2.55. The molecule has 4 heteroatoms. The second-order valence-corrected chi connectivity index (χ2v) is 6.61. The van der Waals surface area contributed by atoms with Gasteiger partial charge < -0.3 is 9.47 Å². The topological polar surface area (TPSA) is 52.6 Å². The van der Waals surface area contributed by atoms with Crippen LogP contribution in [0.4, 0.5) is 0 Å². The molecule has 2 aliphatic rings. The van der Waals surface area contributed by atoms with E-state index in [1.807, 2.05) is 13.8 Å². The molecule has 0 aromatic heterocycles. The Morgan fingerprint density at radius 3 is 1.45 bits per heavy atom. The highest BCUT2D eigenvalue weighted by Gasteiger charge is 2.43. The van der Waals surface area contributed by atoms with E-state index in [1.54, 1.807) is 0 Å². The van der Waals surface area contributed by atoms with Gasteiger partial charge in [0.05, 0.1) is 25.0 Å². The van der Waals surface area contributed by atoms with Crippen LogP contribution >= 0.6 is 0 Å². The van der Waals surface area contributed by atoms with Crippen LogP contribution in [0.3, 0.4) is 0 Å². The maximum Gasteiger partial charge on any atom is 0.309 e. The maximum atomic E-state index is 12.3. The molecule has 0 heterocycles. The van der Waals surface area contributed by atoms with E-state index < -0.39 is 0 Å². The normalized spacial score (nSPS) is 32.3. The summed E-state index contributed by atoms with van der Waals surface area (Å²) >= 11 is 0. The fourth-order valence-corrected chi connectivity index (χ4v) is 4.43. The third kappa shape index (κ3) is 4.02. The van der Waals surface area contributed by atoms with Crippen LogP contribution in [0.5, 0.6) is 0 Å². The molecule has 0 saturated heterocycles. The van der Waals surface area contributed by atoms with Crippen molar-refractivity contribution in [2.24, 2.45) is 23.7 Å². The van der Waals surface area contributed by atoms with Gasteiger partial charge in [0.2, 0.25) is 0 Å². The molecule has 0 amide bonds. The number of carbonyl (C=O) groups is 2. The smallest absolute Gasteiger partial charge is 0.309 e. The highest BCUT2D eigenvalue weighted by molar-refractivity contribution is 5.74. The van der Waals surface area contributed by atoms with Crippen LogP contribution in [0.2, 0.25) is 0 Å². The van der Waals surface area contributed by atoms with Crippen molar-refractivity contribution in [1.82, 2.24) is 0 Å². The van der Waals surface area contributed by atoms with E-state index >= 15 is 0 Å². The zero-order chi connectivity index (χ0) is 15.9. The number of rotatable bonds is 5. The van der Waals surface area contributed by atoms with Crippen molar-refractivity contribution in [2.45, 2.75) is 65.2 Å². The largest absolute Gasteiger partial charge is 0.466 e. The lowest BCUT2D eigenvalue weighted by Crippen LogP contribution is -2.40. The molecule has 2 rings (SSSR count). The van der Waals surface area contributed by atoms with E-state index in [9.17, 15) is 9.59 Å². The standard InChI is InChI=1S/C18H30O4/c1-3-21-17(19)15-11-7-5-9-13(15)14-10-6-8-12-16(14)18(20)22-4-2/h13-16H,3-12H2,1-2H3. The summed E-state index contributed by atoms with van der Waals surface area (Å²) in [6.07, 6.45) is 8.42. The number of carbonyl (C=O) groups excluding carboxylic acids is 2. The van der Waals surface area contributed by atoms with Gasteiger partial charge in [-0.1, -0.05) is 25.7 Å². The fraction of sp³-hybridized carbons (Fsp3) is 0.889. The van der Waals surface area contributed by atoms with Crippen molar-refractivity contribution in [2.75, 3.05) is 13.2 Å². The monoisotopic (exact) mass is 310 g/mol. The molecular formula is C18H30O4. The van der Waals surface area contributed by atoms with Gasteiger partial charge in [-0.25, -0.2) is 0 Å². The molecule has 22 heavy (non-hydrogen) atoms. The molecule has 126 valence electrons. The van der Waals surface area contributed by atoms with E-state index in [1.165, 1.54) is 0 Å². The summed E-state index contributed by atoms with van der Waals surface area (Å²) in [5, 5.41) is 0. The predicted octanol–water partition coefficient (Wildman–Crippen LogP) is 3.73. The van der Waals surface area contributed by atoms with Gasteiger partial charge in [-0.2, -0.15) is 0 Å². The van der Waals surface area contributed by atoms with Crippen molar-refractivity contribution in [3.05, 3.63) is 0 Å². The first-order chi connectivity index (χ1) is 10.7. The van der Waals surface area contributed by atoms with Gasteiger partial charge in [0, 0.05) is 0 Å². The minimum Gasteiger partial charge on any atom is -0.466 e. The van der Waals surface area contributed by atoms with E-state index in [0.29, 0.717) is 25.0 Å². The molecule has 0 aromatic carbocycles. The zero-order valence-electron chi connectivity index (χ0n) is 14.0. The van der Waals surface area contributed by atoms with Crippen LogP contribution in [0.25, 0.3) is 0 Å². The van der Waals surface area contributed by atoms with E-state index in [4.69, 9.17) is 9.47 Å². The minimum absolute atomic E-state index is 0.0197. The van der Waals surface area contributed by atoms with Crippen molar-refractivity contribution in [3.63, 3.8) is 0 Å². The number of hydrogen-bond acceptors (Lipinski definition) is 4. The molecule has 0 spiro atoms. The van der Waals surface area contributed by atoms with Crippen molar-refractivity contribution in [1.29, 1.82) is 0 Å². The van der Waals surface area contributed by atoms with Crippen LogP contribution in [0, 0.1) is 23.7 Å². The molecule has 4 nitrogen and oxygen atoms in total. The van der Waals surface area contributed by atoms with Gasteiger partial charge in [-0.05, 0) is 51.4 Å². The van der Waals surface area contributed by atoms with Crippen molar-refractivity contribution < 1.29 is 19.1 Å². The fourth-order valence-electron chi connectivity index (χ4n) is 4.43. The predicted molar refractivity (Wildman–Crippen MR) is 84.2 cm³/mol. The number of hydrogen-bond donors (Lipinski definition) is 0. The SMILES string of the molecule is CCOC(=O)C1CCCCC1C1CCCCC1C(=O)OCC. The first kappa shape index (κ1) is 17.3.